The van der Waals surface area contributed by atoms with Crippen LogP contribution in [0.25, 0.3) is 0 Å². The Labute approximate surface area is 48.1 Å². The van der Waals surface area contributed by atoms with Crippen molar-refractivity contribution in [2.24, 2.45) is 0 Å². The molecule has 0 aromatic carbocycles. The summed E-state index contributed by atoms with van der Waals surface area (Å²) in [5.74, 6) is 2.10. The second kappa shape index (κ2) is 2.58. The van der Waals surface area contributed by atoms with Gasteiger partial charge in [0.1, 0.15) is 6.10 Å². The predicted molar refractivity (Wildman–Crippen MR) is 31.7 cm³/mol. The van der Waals surface area contributed by atoms with Gasteiger partial charge >= 0.3 is 0 Å². The average Bonchev–Trinajstić information content (AvgIpc) is 1.69. The van der Waals surface area contributed by atoms with Crippen LogP contribution in [0.5, 0.6) is 0 Å². The van der Waals surface area contributed by atoms with E-state index in [1.165, 1.54) is 5.75 Å². The monoisotopic (exact) mass is 117 g/mol. The standard InChI is InChI=1S/C5H9OS/c6-5-2-1-3-7-4-5/h6H,1-4H2. The number of aliphatic hydroxyl groups excluding tert-OH is 1. The highest BCUT2D eigenvalue weighted by molar-refractivity contribution is 7.99. The Morgan fingerprint density at radius 3 is 2.71 bits per heavy atom. The van der Waals surface area contributed by atoms with Gasteiger partial charge in [0.25, 0.3) is 0 Å². The van der Waals surface area contributed by atoms with Gasteiger partial charge in [0.2, 0.25) is 0 Å². The molecule has 2 heteroatoms. The Morgan fingerprint density at radius 2 is 2.43 bits per heavy atom. The Hall–Kier alpha value is 0.310. The molecule has 0 bridgehead atoms. The zero-order chi connectivity index (χ0) is 5.11. The molecule has 1 rings (SSSR count). The van der Waals surface area contributed by atoms with Crippen molar-refractivity contribution in [1.29, 1.82) is 0 Å². The van der Waals surface area contributed by atoms with Crippen LogP contribution < -0.4 is 0 Å². The highest BCUT2D eigenvalue weighted by Gasteiger charge is 2.09. The highest BCUT2D eigenvalue weighted by Crippen LogP contribution is 2.20. The van der Waals surface area contributed by atoms with Crippen molar-refractivity contribution in [2.75, 3.05) is 11.5 Å². The summed E-state index contributed by atoms with van der Waals surface area (Å²) in [5, 5.41) is 8.80. The minimum atomic E-state index is 0.677. The van der Waals surface area contributed by atoms with Crippen molar-refractivity contribution < 1.29 is 5.11 Å². The first-order valence-electron chi connectivity index (χ1n) is 2.51. The third-order valence-corrected chi connectivity index (χ3v) is 2.14. The second-order valence-corrected chi connectivity index (χ2v) is 2.83. The molecular weight excluding hydrogens is 108 g/mol. The fraction of sp³-hybridized carbons (Fsp3) is 0.800. The maximum absolute atomic E-state index is 8.80. The molecule has 1 N–H and O–H groups in total. The first kappa shape index (κ1) is 5.45. The summed E-state index contributed by atoms with van der Waals surface area (Å²) in [4.78, 5) is 0. The number of rotatable bonds is 0. The fourth-order valence-electron chi connectivity index (χ4n) is 0.640. The van der Waals surface area contributed by atoms with Gasteiger partial charge in [-0.05, 0) is 18.6 Å². The zero-order valence-electron chi connectivity index (χ0n) is 4.18. The van der Waals surface area contributed by atoms with Crippen molar-refractivity contribution in [1.82, 2.24) is 0 Å². The van der Waals surface area contributed by atoms with Crippen molar-refractivity contribution in [2.45, 2.75) is 12.8 Å². The van der Waals surface area contributed by atoms with Crippen LogP contribution in [-0.2, 0) is 0 Å². The first-order valence-corrected chi connectivity index (χ1v) is 3.66. The molecule has 0 amide bonds. The molecule has 1 heterocycles. The summed E-state index contributed by atoms with van der Waals surface area (Å²) in [6.45, 7) is 0. The van der Waals surface area contributed by atoms with Crippen LogP contribution in [0.15, 0.2) is 0 Å². The Bertz CT molecular complexity index is 50.0. The Balaban J connectivity index is 2.12. The molecule has 0 unspecified atom stereocenters. The minimum Gasteiger partial charge on any atom is -0.386 e. The van der Waals surface area contributed by atoms with Crippen LogP contribution in [0, 0.1) is 6.10 Å². The summed E-state index contributed by atoms with van der Waals surface area (Å²) in [6, 6.07) is 0. The van der Waals surface area contributed by atoms with E-state index in [-0.39, 0.29) is 0 Å². The van der Waals surface area contributed by atoms with Gasteiger partial charge in [0.05, 0.1) is 0 Å². The maximum Gasteiger partial charge on any atom is 0.103 e. The Kier molecular flexibility index (Phi) is 2.00. The lowest BCUT2D eigenvalue weighted by molar-refractivity contribution is 0.296. The lowest BCUT2D eigenvalue weighted by atomic mass is 10.2. The van der Waals surface area contributed by atoms with Gasteiger partial charge in [-0.3, -0.25) is 0 Å². The molecule has 1 saturated heterocycles. The average molecular weight is 117 g/mol. The van der Waals surface area contributed by atoms with E-state index in [0.717, 1.165) is 18.6 Å². The van der Waals surface area contributed by atoms with E-state index in [1.54, 1.807) is 0 Å². The summed E-state index contributed by atoms with van der Waals surface area (Å²) in [6.07, 6.45) is 2.78. The number of thioether (sulfide) groups is 1. The van der Waals surface area contributed by atoms with Gasteiger partial charge in [-0.25, -0.2) is 0 Å². The lowest BCUT2D eigenvalue weighted by Gasteiger charge is -2.13. The van der Waals surface area contributed by atoms with Crippen LogP contribution >= 0.6 is 11.8 Å². The molecule has 7 heavy (non-hydrogen) atoms. The second-order valence-electron chi connectivity index (χ2n) is 1.72. The summed E-state index contributed by atoms with van der Waals surface area (Å²) < 4.78 is 0. The van der Waals surface area contributed by atoms with Crippen molar-refractivity contribution in [3.63, 3.8) is 0 Å². The molecule has 0 spiro atoms. The van der Waals surface area contributed by atoms with E-state index in [9.17, 15) is 0 Å². The fourth-order valence-corrected chi connectivity index (χ4v) is 1.51. The van der Waals surface area contributed by atoms with E-state index >= 15 is 0 Å². The van der Waals surface area contributed by atoms with E-state index < -0.39 is 0 Å². The van der Waals surface area contributed by atoms with Crippen molar-refractivity contribution >= 4 is 11.8 Å². The molecule has 1 radical (unpaired) electrons. The molecule has 0 aromatic heterocycles. The smallest absolute Gasteiger partial charge is 0.103 e. The Morgan fingerprint density at radius 1 is 1.57 bits per heavy atom. The highest BCUT2D eigenvalue weighted by atomic mass is 32.2. The van der Waals surface area contributed by atoms with Crippen LogP contribution in [-0.4, -0.2) is 16.6 Å². The molecule has 0 saturated carbocycles. The minimum absolute atomic E-state index is 0.677. The zero-order valence-corrected chi connectivity index (χ0v) is 5.00. The summed E-state index contributed by atoms with van der Waals surface area (Å²) in [7, 11) is 0. The maximum atomic E-state index is 8.80. The molecule has 1 nitrogen and oxygen atoms in total. The molecule has 0 aromatic rings. The van der Waals surface area contributed by atoms with E-state index in [1.807, 2.05) is 11.8 Å². The molecular formula is C5H9OS. The van der Waals surface area contributed by atoms with Gasteiger partial charge in [0.15, 0.2) is 0 Å². The molecule has 0 atom stereocenters. The van der Waals surface area contributed by atoms with E-state index in [0.29, 0.717) is 6.10 Å². The summed E-state index contributed by atoms with van der Waals surface area (Å²) in [5.41, 5.74) is 0. The largest absolute Gasteiger partial charge is 0.386 e. The van der Waals surface area contributed by atoms with Crippen LogP contribution in [0.1, 0.15) is 12.8 Å². The molecule has 1 aliphatic rings. The van der Waals surface area contributed by atoms with Gasteiger partial charge in [0, 0.05) is 5.75 Å². The number of hydrogen-bond acceptors (Lipinski definition) is 2. The molecule has 0 aliphatic carbocycles. The van der Waals surface area contributed by atoms with E-state index in [4.69, 9.17) is 5.11 Å². The van der Waals surface area contributed by atoms with Crippen molar-refractivity contribution in [3.05, 3.63) is 6.10 Å². The number of hydrogen-bond donors (Lipinski definition) is 1. The van der Waals surface area contributed by atoms with Crippen LogP contribution in [0.4, 0.5) is 0 Å². The SMILES string of the molecule is O[C]1CCCSC1. The van der Waals surface area contributed by atoms with Crippen LogP contribution in [0.3, 0.4) is 0 Å². The van der Waals surface area contributed by atoms with Crippen molar-refractivity contribution in [3.8, 4) is 0 Å². The lowest BCUT2D eigenvalue weighted by Crippen LogP contribution is -2.05. The number of aliphatic hydroxyl groups is 1. The quantitative estimate of drug-likeness (QED) is 0.517. The van der Waals surface area contributed by atoms with Gasteiger partial charge in [-0.2, -0.15) is 11.8 Å². The van der Waals surface area contributed by atoms with Gasteiger partial charge < -0.3 is 5.11 Å². The molecule has 1 aliphatic heterocycles. The topological polar surface area (TPSA) is 20.2 Å². The normalized spacial score (nSPS) is 25.3. The third-order valence-electron chi connectivity index (χ3n) is 1.02. The molecule has 1 fully saturated rings. The van der Waals surface area contributed by atoms with Gasteiger partial charge in [-0.1, -0.05) is 0 Å². The third kappa shape index (κ3) is 1.70. The summed E-state index contributed by atoms with van der Waals surface area (Å²) >= 11 is 1.82. The van der Waals surface area contributed by atoms with E-state index in [2.05, 4.69) is 0 Å². The van der Waals surface area contributed by atoms with Gasteiger partial charge in [-0.15, -0.1) is 0 Å². The van der Waals surface area contributed by atoms with Crippen LogP contribution in [0.2, 0.25) is 0 Å². The first-order chi connectivity index (χ1) is 3.39. The molecule has 41 valence electrons. The predicted octanol–water partition coefficient (Wildman–Crippen LogP) is 1.42.